The van der Waals surface area contributed by atoms with Crippen LogP contribution in [0.5, 0.6) is 0 Å². The molecule has 1 aliphatic rings. The van der Waals surface area contributed by atoms with E-state index in [1.807, 2.05) is 37.4 Å². The molecule has 1 aliphatic heterocycles. The summed E-state index contributed by atoms with van der Waals surface area (Å²) in [6.45, 7) is 2.01. The van der Waals surface area contributed by atoms with Crippen molar-refractivity contribution in [1.29, 1.82) is 0 Å². The molecule has 1 nitrogen and oxygen atoms in total. The zero-order valence-electron chi connectivity index (χ0n) is 5.70. The SMILES string of the molecule is Br.Br.CC=C1C=CC=CN1. The van der Waals surface area contributed by atoms with Crippen molar-refractivity contribution in [3.63, 3.8) is 0 Å². The minimum Gasteiger partial charge on any atom is -0.362 e. The van der Waals surface area contributed by atoms with Crippen molar-refractivity contribution in [2.45, 2.75) is 6.92 Å². The first-order valence-electron chi connectivity index (χ1n) is 2.69. The minimum atomic E-state index is 0. The Labute approximate surface area is 82.4 Å². The number of rotatable bonds is 0. The second kappa shape index (κ2) is 7.09. The Kier molecular flexibility index (Phi) is 8.96. The van der Waals surface area contributed by atoms with Crippen molar-refractivity contribution in [2.75, 3.05) is 0 Å². The Morgan fingerprint density at radius 1 is 1.30 bits per heavy atom. The van der Waals surface area contributed by atoms with E-state index in [-0.39, 0.29) is 34.0 Å². The van der Waals surface area contributed by atoms with Crippen molar-refractivity contribution in [2.24, 2.45) is 0 Å². The summed E-state index contributed by atoms with van der Waals surface area (Å²) in [5.41, 5.74) is 1.16. The smallest absolute Gasteiger partial charge is 0.0336 e. The summed E-state index contributed by atoms with van der Waals surface area (Å²) in [5, 5.41) is 3.06. The molecule has 0 fully saturated rings. The van der Waals surface area contributed by atoms with Crippen LogP contribution in [0.1, 0.15) is 6.92 Å². The highest BCUT2D eigenvalue weighted by Crippen LogP contribution is 1.95. The largest absolute Gasteiger partial charge is 0.362 e. The Hall–Kier alpha value is -0.0200. The predicted molar refractivity (Wildman–Crippen MR) is 55.8 cm³/mol. The molecule has 3 heteroatoms. The topological polar surface area (TPSA) is 12.0 Å². The van der Waals surface area contributed by atoms with Gasteiger partial charge in [-0.25, -0.2) is 0 Å². The van der Waals surface area contributed by atoms with Crippen molar-refractivity contribution < 1.29 is 0 Å². The molecule has 10 heavy (non-hydrogen) atoms. The lowest BCUT2D eigenvalue weighted by Crippen LogP contribution is -2.03. The number of hydrogen-bond donors (Lipinski definition) is 1. The van der Waals surface area contributed by atoms with Crippen LogP contribution in [0, 0.1) is 0 Å². The molecule has 0 bridgehead atoms. The zero-order chi connectivity index (χ0) is 5.82. The lowest BCUT2D eigenvalue weighted by molar-refractivity contribution is 1.09. The molecule has 0 radical (unpaired) electrons. The summed E-state index contributed by atoms with van der Waals surface area (Å²) in [7, 11) is 0. The summed E-state index contributed by atoms with van der Waals surface area (Å²) >= 11 is 0. The third-order valence-electron chi connectivity index (χ3n) is 1.04. The number of hydrogen-bond acceptors (Lipinski definition) is 1. The van der Waals surface area contributed by atoms with Crippen LogP contribution in [0.15, 0.2) is 36.2 Å². The highest BCUT2D eigenvalue weighted by molar-refractivity contribution is 8.93. The van der Waals surface area contributed by atoms with Gasteiger partial charge in [-0.05, 0) is 19.1 Å². The number of halogens is 2. The van der Waals surface area contributed by atoms with Crippen LogP contribution in [0.25, 0.3) is 0 Å². The molecule has 0 aromatic heterocycles. The van der Waals surface area contributed by atoms with E-state index in [0.717, 1.165) is 5.70 Å². The quantitative estimate of drug-likeness (QED) is 0.713. The molecule has 58 valence electrons. The van der Waals surface area contributed by atoms with Gasteiger partial charge in [0, 0.05) is 11.9 Å². The predicted octanol–water partition coefficient (Wildman–Crippen LogP) is 2.72. The summed E-state index contributed by atoms with van der Waals surface area (Å²) < 4.78 is 0. The summed E-state index contributed by atoms with van der Waals surface area (Å²) in [6, 6.07) is 0. The first-order chi connectivity index (χ1) is 3.93. The van der Waals surface area contributed by atoms with Gasteiger partial charge < -0.3 is 5.32 Å². The Morgan fingerprint density at radius 3 is 2.30 bits per heavy atom. The highest BCUT2D eigenvalue weighted by atomic mass is 79.9. The fourth-order valence-corrected chi connectivity index (χ4v) is 0.587. The van der Waals surface area contributed by atoms with Crippen LogP contribution < -0.4 is 5.32 Å². The fraction of sp³-hybridized carbons (Fsp3) is 0.143. The molecule has 0 aromatic rings. The molecule has 0 unspecified atom stereocenters. The van der Waals surface area contributed by atoms with E-state index in [9.17, 15) is 0 Å². The van der Waals surface area contributed by atoms with Gasteiger partial charge >= 0.3 is 0 Å². The van der Waals surface area contributed by atoms with Crippen molar-refractivity contribution in [3.05, 3.63) is 36.2 Å². The Balaban J connectivity index is 0. The lowest BCUT2D eigenvalue weighted by atomic mass is 10.3. The molecule has 0 aromatic carbocycles. The van der Waals surface area contributed by atoms with Crippen molar-refractivity contribution in [3.8, 4) is 0 Å². The molecule has 0 spiro atoms. The summed E-state index contributed by atoms with van der Waals surface area (Å²) in [5.74, 6) is 0. The molecule has 1 N–H and O–H groups in total. The van der Waals surface area contributed by atoms with Gasteiger partial charge in [0.05, 0.1) is 0 Å². The standard InChI is InChI=1S/C7H9N.2BrH/c1-2-7-5-3-4-6-8-7;;/h2-6,8H,1H3;2*1H. The Morgan fingerprint density at radius 2 is 2.00 bits per heavy atom. The van der Waals surface area contributed by atoms with Gasteiger partial charge in [0.25, 0.3) is 0 Å². The van der Waals surface area contributed by atoms with Gasteiger partial charge in [-0.1, -0.05) is 12.2 Å². The highest BCUT2D eigenvalue weighted by Gasteiger charge is 1.85. The van der Waals surface area contributed by atoms with E-state index in [1.165, 1.54) is 0 Å². The summed E-state index contributed by atoms with van der Waals surface area (Å²) in [4.78, 5) is 0. The molecule has 1 rings (SSSR count). The molecular formula is C7H11Br2N. The van der Waals surface area contributed by atoms with E-state index in [0.29, 0.717) is 0 Å². The number of nitrogens with one attached hydrogen (secondary N) is 1. The molecule has 0 saturated heterocycles. The van der Waals surface area contributed by atoms with Gasteiger partial charge in [0.2, 0.25) is 0 Å². The van der Waals surface area contributed by atoms with Gasteiger partial charge in [0.1, 0.15) is 0 Å². The van der Waals surface area contributed by atoms with Gasteiger partial charge in [-0.15, -0.1) is 34.0 Å². The third-order valence-corrected chi connectivity index (χ3v) is 1.04. The third kappa shape index (κ3) is 3.90. The van der Waals surface area contributed by atoms with Crippen LogP contribution in [0.4, 0.5) is 0 Å². The van der Waals surface area contributed by atoms with Gasteiger partial charge in [-0.3, -0.25) is 0 Å². The molecule has 1 heterocycles. The van der Waals surface area contributed by atoms with E-state index in [1.54, 1.807) is 0 Å². The number of dihydropyridines is 1. The van der Waals surface area contributed by atoms with Crippen LogP contribution in [-0.2, 0) is 0 Å². The maximum Gasteiger partial charge on any atom is 0.0336 e. The number of allylic oxidation sites excluding steroid dienone is 4. The van der Waals surface area contributed by atoms with Crippen LogP contribution in [0.2, 0.25) is 0 Å². The molecule has 0 atom stereocenters. The second-order valence-electron chi connectivity index (χ2n) is 1.61. The van der Waals surface area contributed by atoms with Crippen LogP contribution in [-0.4, -0.2) is 0 Å². The van der Waals surface area contributed by atoms with Crippen LogP contribution in [0.3, 0.4) is 0 Å². The fourth-order valence-electron chi connectivity index (χ4n) is 0.587. The lowest BCUT2D eigenvalue weighted by Gasteiger charge is -2.01. The first-order valence-corrected chi connectivity index (χ1v) is 2.69. The summed E-state index contributed by atoms with van der Waals surface area (Å²) in [6.07, 6.45) is 9.94. The minimum absolute atomic E-state index is 0. The average Bonchev–Trinajstić information content (AvgIpc) is 1.90. The molecule has 0 saturated carbocycles. The zero-order valence-corrected chi connectivity index (χ0v) is 9.13. The van der Waals surface area contributed by atoms with Crippen molar-refractivity contribution >= 4 is 34.0 Å². The van der Waals surface area contributed by atoms with Gasteiger partial charge in [0.15, 0.2) is 0 Å². The van der Waals surface area contributed by atoms with E-state index >= 15 is 0 Å². The monoisotopic (exact) mass is 267 g/mol. The van der Waals surface area contributed by atoms with Crippen molar-refractivity contribution in [1.82, 2.24) is 5.32 Å². The molecule has 0 aliphatic carbocycles. The van der Waals surface area contributed by atoms with E-state index < -0.39 is 0 Å². The Bertz CT molecular complexity index is 159. The van der Waals surface area contributed by atoms with E-state index in [2.05, 4.69) is 5.32 Å². The second-order valence-corrected chi connectivity index (χ2v) is 1.61. The normalized spacial score (nSPS) is 17.1. The molecule has 0 amide bonds. The van der Waals surface area contributed by atoms with Gasteiger partial charge in [-0.2, -0.15) is 0 Å². The van der Waals surface area contributed by atoms with Crippen LogP contribution >= 0.6 is 34.0 Å². The average molecular weight is 269 g/mol. The maximum absolute atomic E-state index is 3.06. The van der Waals surface area contributed by atoms with E-state index in [4.69, 9.17) is 0 Å². The maximum atomic E-state index is 3.06. The first kappa shape index (κ1) is 12.6. The molecular weight excluding hydrogens is 258 g/mol.